The molecule has 118 valence electrons. The molecule has 2 rings (SSSR count). The Kier molecular flexibility index (Phi) is 5.65. The van der Waals surface area contributed by atoms with Crippen LogP contribution >= 0.6 is 0 Å². The van der Waals surface area contributed by atoms with E-state index in [1.54, 1.807) is 12.1 Å². The van der Waals surface area contributed by atoms with Crippen LogP contribution in [-0.4, -0.2) is 21.0 Å². The van der Waals surface area contributed by atoms with E-state index in [-0.39, 0.29) is 6.04 Å². The highest BCUT2D eigenvalue weighted by Crippen LogP contribution is 2.28. The third-order valence-corrected chi connectivity index (χ3v) is 5.80. The molecule has 0 radical (unpaired) electrons. The van der Waals surface area contributed by atoms with Gasteiger partial charge < -0.3 is 5.32 Å². The van der Waals surface area contributed by atoms with E-state index < -0.39 is 10.0 Å². The van der Waals surface area contributed by atoms with Crippen LogP contribution in [0.1, 0.15) is 46.0 Å². The van der Waals surface area contributed by atoms with Gasteiger partial charge in [-0.2, -0.15) is 0 Å². The lowest BCUT2D eigenvalue weighted by Crippen LogP contribution is -2.38. The van der Waals surface area contributed by atoms with Gasteiger partial charge in [0.1, 0.15) is 4.90 Å². The second-order valence-electron chi connectivity index (χ2n) is 5.79. The SMILES string of the molecule is CCNc1ccccc1S(=O)(=O)NC1CCCC(CC)C1. The maximum absolute atomic E-state index is 12.6. The van der Waals surface area contributed by atoms with Crippen molar-refractivity contribution in [1.29, 1.82) is 0 Å². The largest absolute Gasteiger partial charge is 0.384 e. The van der Waals surface area contributed by atoms with Gasteiger partial charge in [-0.05, 0) is 37.8 Å². The summed E-state index contributed by atoms with van der Waals surface area (Å²) < 4.78 is 28.2. The van der Waals surface area contributed by atoms with Crippen molar-refractivity contribution >= 4 is 15.7 Å². The topological polar surface area (TPSA) is 58.2 Å². The van der Waals surface area contributed by atoms with Gasteiger partial charge in [-0.15, -0.1) is 0 Å². The van der Waals surface area contributed by atoms with E-state index in [0.29, 0.717) is 23.0 Å². The maximum atomic E-state index is 12.6. The number of rotatable bonds is 6. The Balaban J connectivity index is 2.15. The molecule has 5 heteroatoms. The Morgan fingerprint density at radius 2 is 1.95 bits per heavy atom. The summed E-state index contributed by atoms with van der Waals surface area (Å²) in [7, 11) is -3.46. The zero-order chi connectivity index (χ0) is 15.3. The van der Waals surface area contributed by atoms with E-state index in [9.17, 15) is 8.42 Å². The van der Waals surface area contributed by atoms with Crippen molar-refractivity contribution in [3.05, 3.63) is 24.3 Å². The molecule has 4 nitrogen and oxygen atoms in total. The highest BCUT2D eigenvalue weighted by atomic mass is 32.2. The normalized spacial score (nSPS) is 23.0. The van der Waals surface area contributed by atoms with Crippen molar-refractivity contribution in [1.82, 2.24) is 4.72 Å². The van der Waals surface area contributed by atoms with Crippen molar-refractivity contribution < 1.29 is 8.42 Å². The van der Waals surface area contributed by atoms with Crippen LogP contribution in [0.2, 0.25) is 0 Å². The van der Waals surface area contributed by atoms with Crippen LogP contribution in [0.4, 0.5) is 5.69 Å². The Morgan fingerprint density at radius 1 is 1.19 bits per heavy atom. The number of para-hydroxylation sites is 1. The number of sulfonamides is 1. The molecule has 21 heavy (non-hydrogen) atoms. The van der Waals surface area contributed by atoms with Gasteiger partial charge in [-0.3, -0.25) is 0 Å². The summed E-state index contributed by atoms with van der Waals surface area (Å²) in [5.74, 6) is 0.649. The first kappa shape index (κ1) is 16.3. The first-order valence-electron chi connectivity index (χ1n) is 7.92. The van der Waals surface area contributed by atoms with Crippen LogP contribution in [0.3, 0.4) is 0 Å². The third-order valence-electron chi connectivity index (χ3n) is 4.23. The monoisotopic (exact) mass is 310 g/mol. The van der Waals surface area contributed by atoms with Gasteiger partial charge in [0.15, 0.2) is 0 Å². The van der Waals surface area contributed by atoms with Crippen LogP contribution in [0.25, 0.3) is 0 Å². The molecule has 2 N–H and O–H groups in total. The molecule has 0 heterocycles. The quantitative estimate of drug-likeness (QED) is 0.847. The first-order valence-corrected chi connectivity index (χ1v) is 9.40. The predicted molar refractivity (Wildman–Crippen MR) is 87.0 cm³/mol. The third kappa shape index (κ3) is 4.20. The van der Waals surface area contributed by atoms with Gasteiger partial charge >= 0.3 is 0 Å². The number of benzene rings is 1. The Morgan fingerprint density at radius 3 is 2.67 bits per heavy atom. The van der Waals surface area contributed by atoms with Crippen molar-refractivity contribution in [2.45, 2.75) is 56.9 Å². The van der Waals surface area contributed by atoms with E-state index in [0.717, 1.165) is 25.7 Å². The van der Waals surface area contributed by atoms with E-state index >= 15 is 0 Å². The van der Waals surface area contributed by atoms with Gasteiger partial charge in [-0.1, -0.05) is 38.3 Å². The molecule has 1 aliphatic rings. The fourth-order valence-electron chi connectivity index (χ4n) is 3.09. The molecule has 0 bridgehead atoms. The lowest BCUT2D eigenvalue weighted by molar-refractivity contribution is 0.301. The molecule has 2 unspecified atom stereocenters. The zero-order valence-corrected chi connectivity index (χ0v) is 13.7. The van der Waals surface area contributed by atoms with Crippen LogP contribution in [-0.2, 0) is 10.0 Å². The predicted octanol–water partition coefficient (Wildman–Crippen LogP) is 3.37. The Hall–Kier alpha value is -1.07. The molecule has 1 fully saturated rings. The summed E-state index contributed by atoms with van der Waals surface area (Å²) in [4.78, 5) is 0.352. The minimum absolute atomic E-state index is 0.0726. The minimum Gasteiger partial charge on any atom is -0.384 e. The van der Waals surface area contributed by atoms with E-state index in [1.165, 1.54) is 6.42 Å². The summed E-state index contributed by atoms with van der Waals surface area (Å²) >= 11 is 0. The van der Waals surface area contributed by atoms with Crippen molar-refractivity contribution in [3.63, 3.8) is 0 Å². The number of hydrogen-bond donors (Lipinski definition) is 2. The molecular formula is C16H26N2O2S. The van der Waals surface area contributed by atoms with E-state index in [2.05, 4.69) is 17.0 Å². The van der Waals surface area contributed by atoms with Crippen LogP contribution < -0.4 is 10.0 Å². The van der Waals surface area contributed by atoms with Gasteiger partial charge in [0, 0.05) is 12.6 Å². The summed E-state index contributed by atoms with van der Waals surface area (Å²) in [5, 5.41) is 3.12. The van der Waals surface area contributed by atoms with E-state index in [4.69, 9.17) is 0 Å². The molecule has 0 aromatic heterocycles. The molecule has 2 atom stereocenters. The summed E-state index contributed by atoms with van der Waals surface area (Å²) in [6.45, 7) is 4.85. The average Bonchev–Trinajstić information content (AvgIpc) is 2.48. The summed E-state index contributed by atoms with van der Waals surface area (Å²) in [5.41, 5.74) is 0.676. The van der Waals surface area contributed by atoms with Gasteiger partial charge in [-0.25, -0.2) is 13.1 Å². The van der Waals surface area contributed by atoms with Crippen molar-refractivity contribution in [2.24, 2.45) is 5.92 Å². The maximum Gasteiger partial charge on any atom is 0.242 e. The standard InChI is InChI=1S/C16H26N2O2S/c1-3-13-8-7-9-14(12-13)18-21(19,20)16-11-6-5-10-15(16)17-4-2/h5-6,10-11,13-14,17-18H,3-4,7-9,12H2,1-2H3. The van der Waals surface area contributed by atoms with Crippen molar-refractivity contribution in [2.75, 3.05) is 11.9 Å². The second-order valence-corrected chi connectivity index (χ2v) is 7.47. The molecular weight excluding hydrogens is 284 g/mol. The fourth-order valence-corrected chi connectivity index (χ4v) is 4.56. The van der Waals surface area contributed by atoms with Gasteiger partial charge in [0.2, 0.25) is 10.0 Å². The highest BCUT2D eigenvalue weighted by molar-refractivity contribution is 7.89. The number of nitrogens with one attached hydrogen (secondary N) is 2. The molecule has 1 saturated carbocycles. The lowest BCUT2D eigenvalue weighted by Gasteiger charge is -2.29. The minimum atomic E-state index is -3.46. The number of anilines is 1. The zero-order valence-electron chi connectivity index (χ0n) is 12.9. The molecule has 1 aromatic rings. The van der Waals surface area contributed by atoms with Crippen molar-refractivity contribution in [3.8, 4) is 0 Å². The Bertz CT molecular complexity index is 557. The Labute approximate surface area is 128 Å². The average molecular weight is 310 g/mol. The fraction of sp³-hybridized carbons (Fsp3) is 0.625. The van der Waals surface area contributed by atoms with Crippen LogP contribution in [0.15, 0.2) is 29.2 Å². The molecule has 0 aliphatic heterocycles. The molecule has 0 spiro atoms. The summed E-state index contributed by atoms with van der Waals surface area (Å²) in [6.07, 6.45) is 5.37. The lowest BCUT2D eigenvalue weighted by atomic mass is 9.85. The van der Waals surface area contributed by atoms with Gasteiger partial charge in [0.25, 0.3) is 0 Å². The summed E-state index contributed by atoms with van der Waals surface area (Å²) in [6, 6.07) is 7.17. The molecule has 0 saturated heterocycles. The van der Waals surface area contributed by atoms with Crippen LogP contribution in [0.5, 0.6) is 0 Å². The van der Waals surface area contributed by atoms with Gasteiger partial charge in [0.05, 0.1) is 5.69 Å². The van der Waals surface area contributed by atoms with Crippen LogP contribution in [0, 0.1) is 5.92 Å². The second kappa shape index (κ2) is 7.27. The molecule has 1 aromatic carbocycles. The molecule has 0 amide bonds. The smallest absolute Gasteiger partial charge is 0.242 e. The highest BCUT2D eigenvalue weighted by Gasteiger charge is 2.26. The van der Waals surface area contributed by atoms with E-state index in [1.807, 2.05) is 19.1 Å². The number of hydrogen-bond acceptors (Lipinski definition) is 3. The first-order chi connectivity index (χ1) is 10.1. The molecule has 1 aliphatic carbocycles.